The van der Waals surface area contributed by atoms with Gasteiger partial charge in [-0.05, 0) is 19.9 Å². The molecule has 0 saturated heterocycles. The molecular formula is C11H19F3N2. The quantitative estimate of drug-likeness (QED) is 0.675. The van der Waals surface area contributed by atoms with Gasteiger partial charge in [-0.2, -0.15) is 23.4 Å². The summed E-state index contributed by atoms with van der Waals surface area (Å²) in [6.07, 6.45) is -4.33. The lowest BCUT2D eigenvalue weighted by atomic mass is 10.2. The van der Waals surface area contributed by atoms with Crippen LogP contribution >= 0.6 is 0 Å². The predicted molar refractivity (Wildman–Crippen MR) is 59.2 cm³/mol. The lowest BCUT2D eigenvalue weighted by Crippen LogP contribution is -2.10. The van der Waals surface area contributed by atoms with Gasteiger partial charge < -0.3 is 0 Å². The minimum Gasteiger partial charge on any atom is -0.166 e. The summed E-state index contributed by atoms with van der Waals surface area (Å²) in [6.45, 7) is 10.8. The minimum absolute atomic E-state index is 0.0897. The average molecular weight is 236 g/mol. The number of aromatic nitrogens is 2. The van der Waals surface area contributed by atoms with Crippen LogP contribution in [0.25, 0.3) is 0 Å². The van der Waals surface area contributed by atoms with Crippen LogP contribution in [-0.2, 0) is 6.18 Å². The molecule has 1 rings (SSSR count). The fraction of sp³-hybridized carbons (Fsp3) is 0.636. The molecule has 1 aromatic heterocycles. The van der Waals surface area contributed by atoms with Crippen LogP contribution in [0, 0.1) is 13.8 Å². The van der Waals surface area contributed by atoms with Crippen molar-refractivity contribution in [2.75, 3.05) is 0 Å². The monoisotopic (exact) mass is 236 g/mol. The highest BCUT2D eigenvalue weighted by atomic mass is 19.4. The Bertz CT molecular complexity index is 296. The maximum atomic E-state index is 12.2. The molecule has 0 bridgehead atoms. The van der Waals surface area contributed by atoms with Crippen LogP contribution in [0.15, 0.2) is 6.07 Å². The van der Waals surface area contributed by atoms with E-state index in [9.17, 15) is 13.2 Å². The summed E-state index contributed by atoms with van der Waals surface area (Å²) in [5, 5.41) is 6.88. The third-order valence-corrected chi connectivity index (χ3v) is 1.41. The zero-order valence-corrected chi connectivity index (χ0v) is 10.6. The summed E-state index contributed by atoms with van der Waals surface area (Å²) in [4.78, 5) is 0. The van der Waals surface area contributed by atoms with E-state index in [4.69, 9.17) is 0 Å². The predicted octanol–water partition coefficient (Wildman–Crippen LogP) is 4.16. The maximum Gasteiger partial charge on any atom is 0.418 e. The van der Waals surface area contributed by atoms with Crippen molar-refractivity contribution in [3.8, 4) is 0 Å². The number of halogens is 3. The van der Waals surface area contributed by atoms with Crippen molar-refractivity contribution in [2.45, 2.75) is 47.7 Å². The van der Waals surface area contributed by atoms with E-state index in [2.05, 4.69) is 10.2 Å². The standard InChI is InChI=1S/C7H7F3N2.2C2H6/c1-4-3-6(7(8,9)10)5(2)12-11-4;2*1-2/h3H,1-2H3;2*1-2H3. The van der Waals surface area contributed by atoms with Crippen LogP contribution in [0.4, 0.5) is 13.2 Å². The van der Waals surface area contributed by atoms with E-state index >= 15 is 0 Å². The lowest BCUT2D eigenvalue weighted by molar-refractivity contribution is -0.138. The summed E-state index contributed by atoms with van der Waals surface area (Å²) in [7, 11) is 0. The second-order valence-electron chi connectivity index (χ2n) is 2.48. The Morgan fingerprint density at radius 2 is 1.38 bits per heavy atom. The minimum atomic E-state index is -4.33. The summed E-state index contributed by atoms with van der Waals surface area (Å²) in [5.41, 5.74) is -0.531. The average Bonchev–Trinajstić information content (AvgIpc) is 2.26. The number of alkyl halides is 3. The van der Waals surface area contributed by atoms with Crippen LogP contribution < -0.4 is 0 Å². The molecule has 5 heteroatoms. The van der Waals surface area contributed by atoms with Gasteiger partial charge in [0.1, 0.15) is 0 Å². The van der Waals surface area contributed by atoms with Crippen molar-refractivity contribution in [2.24, 2.45) is 0 Å². The first kappa shape index (κ1) is 17.3. The zero-order valence-electron chi connectivity index (χ0n) is 10.6. The molecule has 1 aromatic rings. The summed E-state index contributed by atoms with van der Waals surface area (Å²) in [5.74, 6) is 0. The highest BCUT2D eigenvalue weighted by molar-refractivity contribution is 5.22. The largest absolute Gasteiger partial charge is 0.418 e. The van der Waals surface area contributed by atoms with Gasteiger partial charge in [0.15, 0.2) is 0 Å². The van der Waals surface area contributed by atoms with Gasteiger partial charge in [0.25, 0.3) is 0 Å². The van der Waals surface area contributed by atoms with Gasteiger partial charge in [0, 0.05) is 0 Å². The van der Waals surface area contributed by atoms with Gasteiger partial charge in [-0.1, -0.05) is 27.7 Å². The maximum absolute atomic E-state index is 12.2. The normalized spacial score (nSPS) is 9.56. The number of hydrogen-bond acceptors (Lipinski definition) is 2. The van der Waals surface area contributed by atoms with E-state index < -0.39 is 11.7 Å². The summed E-state index contributed by atoms with van der Waals surface area (Å²) < 4.78 is 36.5. The van der Waals surface area contributed by atoms with Gasteiger partial charge in [0.2, 0.25) is 0 Å². The van der Waals surface area contributed by atoms with Crippen molar-refractivity contribution in [3.05, 3.63) is 23.0 Å². The third-order valence-electron chi connectivity index (χ3n) is 1.41. The van der Waals surface area contributed by atoms with Gasteiger partial charge >= 0.3 is 6.18 Å². The molecular weight excluding hydrogens is 217 g/mol. The molecule has 2 nitrogen and oxygen atoms in total. The van der Waals surface area contributed by atoms with Crippen molar-refractivity contribution in [3.63, 3.8) is 0 Å². The molecule has 1 heterocycles. The fourth-order valence-electron chi connectivity index (χ4n) is 0.837. The highest BCUT2D eigenvalue weighted by Gasteiger charge is 2.33. The molecule has 0 aromatic carbocycles. The molecule has 0 atom stereocenters. The Balaban J connectivity index is 0. The SMILES string of the molecule is CC.CC.Cc1cc(C(F)(F)F)c(C)nn1. The van der Waals surface area contributed by atoms with E-state index in [1.807, 2.05) is 27.7 Å². The van der Waals surface area contributed by atoms with Crippen LogP contribution in [0.3, 0.4) is 0 Å². The van der Waals surface area contributed by atoms with E-state index in [1.54, 1.807) is 0 Å². The molecule has 0 saturated carbocycles. The Morgan fingerprint density at radius 1 is 0.938 bits per heavy atom. The first-order chi connectivity index (χ1) is 7.41. The van der Waals surface area contributed by atoms with E-state index in [0.717, 1.165) is 6.07 Å². The molecule has 0 aliphatic carbocycles. The van der Waals surface area contributed by atoms with E-state index in [0.29, 0.717) is 0 Å². The molecule has 0 radical (unpaired) electrons. The zero-order chi connectivity index (χ0) is 13.4. The lowest BCUT2D eigenvalue weighted by Gasteiger charge is -2.08. The number of aryl methyl sites for hydroxylation is 2. The summed E-state index contributed by atoms with van der Waals surface area (Å²) in [6, 6.07) is 0.988. The van der Waals surface area contributed by atoms with Crippen LogP contribution in [0.2, 0.25) is 0 Å². The molecule has 0 unspecified atom stereocenters. The van der Waals surface area contributed by atoms with Gasteiger partial charge in [-0.15, -0.1) is 0 Å². The van der Waals surface area contributed by atoms with Crippen LogP contribution in [0.1, 0.15) is 44.6 Å². The second kappa shape index (κ2) is 8.07. The van der Waals surface area contributed by atoms with Crippen LogP contribution in [-0.4, -0.2) is 10.2 Å². The molecule has 0 fully saturated rings. The first-order valence-electron chi connectivity index (χ1n) is 5.29. The Hall–Kier alpha value is -1.13. The molecule has 0 aliphatic rings. The number of nitrogens with zero attached hydrogens (tertiary/aromatic N) is 2. The number of rotatable bonds is 0. The highest BCUT2D eigenvalue weighted by Crippen LogP contribution is 2.30. The fourth-order valence-corrected chi connectivity index (χ4v) is 0.837. The Morgan fingerprint density at radius 3 is 1.69 bits per heavy atom. The Labute approximate surface area is 94.9 Å². The first-order valence-corrected chi connectivity index (χ1v) is 5.29. The van der Waals surface area contributed by atoms with Crippen molar-refractivity contribution >= 4 is 0 Å². The van der Waals surface area contributed by atoms with Gasteiger partial charge in [0.05, 0.1) is 17.0 Å². The van der Waals surface area contributed by atoms with Crippen molar-refractivity contribution in [1.29, 1.82) is 0 Å². The van der Waals surface area contributed by atoms with Crippen molar-refractivity contribution in [1.82, 2.24) is 10.2 Å². The molecule has 0 spiro atoms. The third kappa shape index (κ3) is 5.68. The second-order valence-corrected chi connectivity index (χ2v) is 2.48. The smallest absolute Gasteiger partial charge is 0.166 e. The molecule has 0 amide bonds. The van der Waals surface area contributed by atoms with Gasteiger partial charge in [-0.3, -0.25) is 0 Å². The van der Waals surface area contributed by atoms with E-state index in [-0.39, 0.29) is 11.4 Å². The topological polar surface area (TPSA) is 25.8 Å². The van der Waals surface area contributed by atoms with Crippen LogP contribution in [0.5, 0.6) is 0 Å². The van der Waals surface area contributed by atoms with Gasteiger partial charge in [-0.25, -0.2) is 0 Å². The summed E-state index contributed by atoms with van der Waals surface area (Å²) >= 11 is 0. The number of hydrogen-bond donors (Lipinski definition) is 0. The molecule has 94 valence electrons. The Kier molecular flexibility index (Phi) is 8.71. The molecule has 0 N–H and O–H groups in total. The van der Waals surface area contributed by atoms with E-state index in [1.165, 1.54) is 13.8 Å². The molecule has 0 aliphatic heterocycles. The molecule has 16 heavy (non-hydrogen) atoms. The van der Waals surface area contributed by atoms with Crippen molar-refractivity contribution < 1.29 is 13.2 Å².